The summed E-state index contributed by atoms with van der Waals surface area (Å²) in [7, 11) is -2.81. The van der Waals surface area contributed by atoms with Gasteiger partial charge in [-0.1, -0.05) is 29.8 Å². The zero-order valence-electron chi connectivity index (χ0n) is 12.4. The summed E-state index contributed by atoms with van der Waals surface area (Å²) in [6.07, 6.45) is 3.67. The van der Waals surface area contributed by atoms with Gasteiger partial charge >= 0.3 is 10.1 Å². The lowest BCUT2D eigenvalue weighted by molar-refractivity contribution is 0.390. The SMILES string of the molecule is C/C=C/c1ccc(OS(=O)(=O)c2ccc(F)cc2Cl)c(OC)c1. The number of ether oxygens (including phenoxy) is 1. The van der Waals surface area contributed by atoms with Crippen molar-refractivity contribution in [3.63, 3.8) is 0 Å². The molecule has 2 aromatic rings. The minimum absolute atomic E-state index is 0.0149. The van der Waals surface area contributed by atoms with E-state index in [1.54, 1.807) is 12.1 Å². The molecule has 0 bridgehead atoms. The molecule has 0 saturated heterocycles. The highest BCUT2D eigenvalue weighted by Crippen LogP contribution is 2.32. The molecule has 0 N–H and O–H groups in total. The topological polar surface area (TPSA) is 52.6 Å². The Bertz CT molecular complexity index is 847. The molecule has 0 saturated carbocycles. The van der Waals surface area contributed by atoms with Gasteiger partial charge in [0.1, 0.15) is 10.7 Å². The van der Waals surface area contributed by atoms with Crippen LogP contribution < -0.4 is 8.92 Å². The van der Waals surface area contributed by atoms with E-state index in [4.69, 9.17) is 20.5 Å². The van der Waals surface area contributed by atoms with Crippen molar-refractivity contribution in [2.45, 2.75) is 11.8 Å². The van der Waals surface area contributed by atoms with Crippen LogP contribution in [0.4, 0.5) is 4.39 Å². The van der Waals surface area contributed by atoms with E-state index in [1.807, 2.05) is 19.1 Å². The highest BCUT2D eigenvalue weighted by Gasteiger charge is 2.22. The molecule has 0 heterocycles. The molecule has 0 unspecified atom stereocenters. The maximum atomic E-state index is 13.1. The van der Waals surface area contributed by atoms with E-state index < -0.39 is 15.9 Å². The predicted octanol–water partition coefficient (Wildman–Crippen LogP) is 4.29. The van der Waals surface area contributed by atoms with E-state index in [2.05, 4.69) is 0 Å². The maximum absolute atomic E-state index is 13.1. The summed E-state index contributed by atoms with van der Waals surface area (Å²) < 4.78 is 47.9. The van der Waals surface area contributed by atoms with Crippen molar-refractivity contribution in [2.75, 3.05) is 7.11 Å². The van der Waals surface area contributed by atoms with Crippen molar-refractivity contribution >= 4 is 27.8 Å². The second-order valence-electron chi connectivity index (χ2n) is 4.52. The monoisotopic (exact) mass is 356 g/mol. The summed E-state index contributed by atoms with van der Waals surface area (Å²) in [6.45, 7) is 1.86. The largest absolute Gasteiger partial charge is 0.493 e. The first-order valence-electron chi connectivity index (χ1n) is 6.57. The van der Waals surface area contributed by atoms with Crippen LogP contribution in [-0.4, -0.2) is 15.5 Å². The molecule has 122 valence electrons. The molecule has 2 aromatic carbocycles. The zero-order chi connectivity index (χ0) is 17.0. The van der Waals surface area contributed by atoms with Gasteiger partial charge in [-0.3, -0.25) is 0 Å². The Morgan fingerprint density at radius 3 is 2.48 bits per heavy atom. The fourth-order valence-electron chi connectivity index (χ4n) is 1.89. The number of allylic oxidation sites excluding steroid dienone is 1. The van der Waals surface area contributed by atoms with Crippen molar-refractivity contribution in [1.29, 1.82) is 0 Å². The van der Waals surface area contributed by atoms with E-state index in [1.165, 1.54) is 13.2 Å². The van der Waals surface area contributed by atoms with Crippen LogP contribution in [0.2, 0.25) is 5.02 Å². The van der Waals surface area contributed by atoms with Crippen LogP contribution in [0.15, 0.2) is 47.4 Å². The summed E-state index contributed by atoms with van der Waals surface area (Å²) in [6, 6.07) is 7.74. The average Bonchev–Trinajstić information content (AvgIpc) is 2.48. The number of methoxy groups -OCH3 is 1. The van der Waals surface area contributed by atoms with Crippen molar-refractivity contribution < 1.29 is 21.7 Å². The summed E-state index contributed by atoms with van der Waals surface area (Å²) in [5, 5.41) is -0.255. The highest BCUT2D eigenvalue weighted by atomic mass is 35.5. The Kier molecular flexibility index (Phi) is 5.28. The van der Waals surface area contributed by atoms with Gasteiger partial charge in [0.15, 0.2) is 11.5 Å². The molecule has 0 atom stereocenters. The third-order valence-electron chi connectivity index (χ3n) is 2.91. The molecule has 0 aromatic heterocycles. The number of hydrogen-bond acceptors (Lipinski definition) is 4. The minimum Gasteiger partial charge on any atom is -0.493 e. The summed E-state index contributed by atoms with van der Waals surface area (Å²) >= 11 is 5.78. The number of rotatable bonds is 5. The summed E-state index contributed by atoms with van der Waals surface area (Å²) in [4.78, 5) is -0.319. The molecule has 0 spiro atoms. The number of halogens is 2. The van der Waals surface area contributed by atoms with Crippen LogP contribution in [0.3, 0.4) is 0 Å². The Morgan fingerprint density at radius 1 is 1.13 bits per heavy atom. The van der Waals surface area contributed by atoms with Crippen LogP contribution in [-0.2, 0) is 10.1 Å². The van der Waals surface area contributed by atoms with Gasteiger partial charge in [-0.15, -0.1) is 0 Å². The van der Waals surface area contributed by atoms with Gasteiger partial charge in [-0.25, -0.2) is 4.39 Å². The van der Waals surface area contributed by atoms with Crippen molar-refractivity contribution in [3.8, 4) is 11.5 Å². The van der Waals surface area contributed by atoms with Gasteiger partial charge in [-0.05, 0) is 42.8 Å². The molecule has 0 radical (unpaired) electrons. The van der Waals surface area contributed by atoms with Crippen LogP contribution >= 0.6 is 11.6 Å². The second-order valence-corrected chi connectivity index (χ2v) is 6.44. The van der Waals surface area contributed by atoms with Crippen molar-refractivity contribution in [2.24, 2.45) is 0 Å². The molecule has 4 nitrogen and oxygen atoms in total. The van der Waals surface area contributed by atoms with Gasteiger partial charge in [0.05, 0.1) is 12.1 Å². The number of benzene rings is 2. The maximum Gasteiger partial charge on any atom is 0.340 e. The van der Waals surface area contributed by atoms with Crippen molar-refractivity contribution in [3.05, 3.63) is 58.9 Å². The third-order valence-corrected chi connectivity index (χ3v) is 4.63. The first-order valence-corrected chi connectivity index (χ1v) is 8.36. The fourth-order valence-corrected chi connectivity index (χ4v) is 3.34. The molecule has 7 heteroatoms. The van der Waals surface area contributed by atoms with Crippen molar-refractivity contribution in [1.82, 2.24) is 0 Å². The van der Waals surface area contributed by atoms with E-state index in [-0.39, 0.29) is 21.4 Å². The van der Waals surface area contributed by atoms with Gasteiger partial charge in [0.2, 0.25) is 0 Å². The van der Waals surface area contributed by atoms with Gasteiger partial charge in [-0.2, -0.15) is 8.42 Å². The van der Waals surface area contributed by atoms with E-state index in [0.29, 0.717) is 0 Å². The molecule has 0 amide bonds. The molecular weight excluding hydrogens is 343 g/mol. The van der Waals surface area contributed by atoms with Crippen LogP contribution in [0, 0.1) is 5.82 Å². The average molecular weight is 357 g/mol. The zero-order valence-corrected chi connectivity index (χ0v) is 14.0. The van der Waals surface area contributed by atoms with E-state index in [9.17, 15) is 12.8 Å². The number of hydrogen-bond donors (Lipinski definition) is 0. The van der Waals surface area contributed by atoms with Gasteiger partial charge in [0.25, 0.3) is 0 Å². The lowest BCUT2D eigenvalue weighted by atomic mass is 10.2. The molecule has 0 aliphatic carbocycles. The van der Waals surface area contributed by atoms with Gasteiger partial charge < -0.3 is 8.92 Å². The normalized spacial score (nSPS) is 11.7. The molecule has 0 aliphatic heterocycles. The molecule has 0 fully saturated rings. The second kappa shape index (κ2) is 7.02. The highest BCUT2D eigenvalue weighted by molar-refractivity contribution is 7.87. The quantitative estimate of drug-likeness (QED) is 0.750. The Morgan fingerprint density at radius 2 is 1.87 bits per heavy atom. The lowest BCUT2D eigenvalue weighted by Crippen LogP contribution is -2.11. The first kappa shape index (κ1) is 17.3. The van der Waals surface area contributed by atoms with E-state index >= 15 is 0 Å². The smallest absolute Gasteiger partial charge is 0.340 e. The minimum atomic E-state index is -4.22. The van der Waals surface area contributed by atoms with Gasteiger partial charge in [0, 0.05) is 0 Å². The Balaban J connectivity index is 2.40. The first-order chi connectivity index (χ1) is 10.9. The summed E-state index contributed by atoms with van der Waals surface area (Å²) in [5.41, 5.74) is 0.828. The standard InChI is InChI=1S/C16H14ClFO4S/c1-3-4-11-5-7-14(15(9-11)21-2)22-23(19,20)16-8-6-12(18)10-13(16)17/h3-10H,1-2H3/b4-3+. The van der Waals surface area contributed by atoms with Crippen LogP contribution in [0.5, 0.6) is 11.5 Å². The summed E-state index contributed by atoms with van der Waals surface area (Å²) in [5.74, 6) is -0.370. The Hall–Kier alpha value is -2.05. The Labute approximate surface area is 139 Å². The fraction of sp³-hybridized carbons (Fsp3) is 0.125. The molecule has 0 aliphatic rings. The van der Waals surface area contributed by atoms with E-state index in [0.717, 1.165) is 23.8 Å². The van der Waals surface area contributed by atoms with Crippen LogP contribution in [0.1, 0.15) is 12.5 Å². The predicted molar refractivity (Wildman–Crippen MR) is 86.9 cm³/mol. The molecular formula is C16H14ClFO4S. The lowest BCUT2D eigenvalue weighted by Gasteiger charge is -2.12. The molecule has 2 rings (SSSR count). The third kappa shape index (κ3) is 4.03. The molecule has 23 heavy (non-hydrogen) atoms. The van der Waals surface area contributed by atoms with Crippen LogP contribution in [0.25, 0.3) is 6.08 Å².